The number of benzene rings is 1. The second kappa shape index (κ2) is 8.87. The first kappa shape index (κ1) is 19.2. The number of guanidine groups is 1. The van der Waals surface area contributed by atoms with Crippen LogP contribution in [0, 0.1) is 5.41 Å². The number of likely N-dealkylation sites (tertiary alicyclic amines) is 1. The number of rotatable bonds is 6. The molecule has 2 unspecified atom stereocenters. The van der Waals surface area contributed by atoms with E-state index >= 15 is 0 Å². The topological polar surface area (TPSA) is 40.1 Å². The van der Waals surface area contributed by atoms with E-state index in [1.165, 1.54) is 18.4 Å². The molecular formula is C21H34N4O. The van der Waals surface area contributed by atoms with Gasteiger partial charge in [0, 0.05) is 44.2 Å². The van der Waals surface area contributed by atoms with Crippen LogP contribution in [0.3, 0.4) is 0 Å². The summed E-state index contributed by atoms with van der Waals surface area (Å²) in [6.07, 6.45) is 2.42. The molecule has 2 atom stereocenters. The van der Waals surface area contributed by atoms with Gasteiger partial charge in [0.25, 0.3) is 0 Å². The largest absolute Gasteiger partial charge is 0.381 e. The van der Waals surface area contributed by atoms with Crippen LogP contribution < -0.4 is 5.32 Å². The molecule has 26 heavy (non-hydrogen) atoms. The second-order valence-corrected chi connectivity index (χ2v) is 7.92. The van der Waals surface area contributed by atoms with Gasteiger partial charge in [-0.3, -0.25) is 9.89 Å². The van der Waals surface area contributed by atoms with Crippen molar-refractivity contribution in [2.45, 2.75) is 39.3 Å². The highest BCUT2D eigenvalue weighted by molar-refractivity contribution is 5.80. The molecule has 5 heteroatoms. The van der Waals surface area contributed by atoms with Crippen LogP contribution in [-0.2, 0) is 11.3 Å². The molecule has 0 aromatic heterocycles. The highest BCUT2D eigenvalue weighted by Crippen LogP contribution is 2.38. The highest BCUT2D eigenvalue weighted by Gasteiger charge is 2.42. The maximum Gasteiger partial charge on any atom is 0.193 e. The summed E-state index contributed by atoms with van der Waals surface area (Å²) in [6.45, 7) is 11.1. The maximum atomic E-state index is 5.66. The molecule has 1 aromatic carbocycles. The number of hydrogen-bond acceptors (Lipinski definition) is 3. The van der Waals surface area contributed by atoms with Crippen LogP contribution in [0.4, 0.5) is 0 Å². The Morgan fingerprint density at radius 2 is 2.15 bits per heavy atom. The summed E-state index contributed by atoms with van der Waals surface area (Å²) in [4.78, 5) is 9.77. The molecule has 0 aliphatic carbocycles. The Morgan fingerprint density at radius 3 is 2.85 bits per heavy atom. The van der Waals surface area contributed by atoms with Crippen molar-refractivity contribution in [2.24, 2.45) is 10.4 Å². The molecule has 0 saturated carbocycles. The quantitative estimate of drug-likeness (QED) is 0.627. The average Bonchev–Trinajstić information content (AvgIpc) is 3.29. The zero-order chi connectivity index (χ0) is 18.4. The molecule has 1 spiro atoms. The Hall–Kier alpha value is -1.59. The minimum Gasteiger partial charge on any atom is -0.381 e. The Kier molecular flexibility index (Phi) is 6.54. The van der Waals surface area contributed by atoms with Gasteiger partial charge in [0.1, 0.15) is 0 Å². The fourth-order valence-corrected chi connectivity index (χ4v) is 3.90. The molecule has 2 fully saturated rings. The number of nitrogens with zero attached hydrogens (tertiary/aromatic N) is 3. The lowest BCUT2D eigenvalue weighted by molar-refractivity contribution is 0.156. The molecular weight excluding hydrogens is 324 g/mol. The fourth-order valence-electron chi connectivity index (χ4n) is 3.90. The molecule has 2 aliphatic rings. The number of likely N-dealkylation sites (N-methyl/N-ethyl adjacent to an activating group) is 1. The summed E-state index contributed by atoms with van der Waals surface area (Å²) in [5, 5.41) is 3.49. The molecule has 2 heterocycles. The minimum atomic E-state index is 0.367. The van der Waals surface area contributed by atoms with Crippen LogP contribution in [0.25, 0.3) is 0 Å². The number of nitrogens with one attached hydrogen (secondary N) is 1. The van der Waals surface area contributed by atoms with E-state index in [9.17, 15) is 0 Å². The number of aliphatic imine (C=N–C) groups is 1. The van der Waals surface area contributed by atoms with Gasteiger partial charge in [-0.1, -0.05) is 30.3 Å². The van der Waals surface area contributed by atoms with Crippen molar-refractivity contribution in [1.82, 2.24) is 15.1 Å². The zero-order valence-corrected chi connectivity index (χ0v) is 16.6. The molecule has 144 valence electrons. The predicted octanol–water partition coefficient (Wildman–Crippen LogP) is 2.58. The first-order valence-electron chi connectivity index (χ1n) is 9.97. The standard InChI is InChI=1S/C21H34N4O/c1-4-22-20(25-12-10-21(16-25)11-13-26-17-21)23-14-18(2)24(3)15-19-8-6-5-7-9-19/h5-9,18H,4,10-17H2,1-3H3,(H,22,23). The third-order valence-electron chi connectivity index (χ3n) is 5.79. The first-order chi connectivity index (χ1) is 12.6. The van der Waals surface area contributed by atoms with Gasteiger partial charge in [-0.15, -0.1) is 0 Å². The van der Waals surface area contributed by atoms with Gasteiger partial charge in [-0.2, -0.15) is 0 Å². The summed E-state index contributed by atoms with van der Waals surface area (Å²) >= 11 is 0. The van der Waals surface area contributed by atoms with Crippen LogP contribution in [0.15, 0.2) is 35.3 Å². The summed E-state index contributed by atoms with van der Waals surface area (Å²) in [5.41, 5.74) is 1.71. The zero-order valence-electron chi connectivity index (χ0n) is 16.6. The fraction of sp³-hybridized carbons (Fsp3) is 0.667. The molecule has 1 aromatic rings. The Balaban J connectivity index is 1.56. The van der Waals surface area contributed by atoms with E-state index in [4.69, 9.17) is 9.73 Å². The van der Waals surface area contributed by atoms with E-state index in [1.54, 1.807) is 0 Å². The van der Waals surface area contributed by atoms with E-state index in [0.29, 0.717) is 11.5 Å². The van der Waals surface area contributed by atoms with Crippen LogP contribution in [0.2, 0.25) is 0 Å². The van der Waals surface area contributed by atoms with E-state index in [-0.39, 0.29) is 0 Å². The van der Waals surface area contributed by atoms with E-state index in [2.05, 4.69) is 66.3 Å². The van der Waals surface area contributed by atoms with Gasteiger partial charge >= 0.3 is 0 Å². The Labute approximate surface area is 158 Å². The van der Waals surface area contributed by atoms with E-state index in [0.717, 1.165) is 51.9 Å². The molecule has 1 N–H and O–H groups in total. The maximum absolute atomic E-state index is 5.66. The Morgan fingerprint density at radius 1 is 1.35 bits per heavy atom. The lowest BCUT2D eigenvalue weighted by Gasteiger charge is -2.27. The highest BCUT2D eigenvalue weighted by atomic mass is 16.5. The van der Waals surface area contributed by atoms with Gasteiger partial charge in [-0.05, 0) is 39.3 Å². The third-order valence-corrected chi connectivity index (χ3v) is 5.79. The predicted molar refractivity (Wildman–Crippen MR) is 107 cm³/mol. The van der Waals surface area contributed by atoms with Gasteiger partial charge in [0.15, 0.2) is 5.96 Å². The lowest BCUT2D eigenvalue weighted by Crippen LogP contribution is -2.42. The molecule has 3 rings (SSSR count). The molecule has 2 aliphatic heterocycles. The monoisotopic (exact) mass is 358 g/mol. The normalized spacial score (nSPS) is 24.6. The minimum absolute atomic E-state index is 0.367. The summed E-state index contributed by atoms with van der Waals surface area (Å²) in [6, 6.07) is 11.0. The first-order valence-corrected chi connectivity index (χ1v) is 9.97. The second-order valence-electron chi connectivity index (χ2n) is 7.92. The smallest absolute Gasteiger partial charge is 0.193 e. The van der Waals surface area contributed by atoms with Crippen molar-refractivity contribution in [1.29, 1.82) is 0 Å². The summed E-state index contributed by atoms with van der Waals surface area (Å²) in [7, 11) is 2.18. The number of hydrogen-bond donors (Lipinski definition) is 1. The number of ether oxygens (including phenoxy) is 1. The lowest BCUT2D eigenvalue weighted by atomic mass is 9.87. The molecule has 0 radical (unpaired) electrons. The van der Waals surface area contributed by atoms with Crippen molar-refractivity contribution < 1.29 is 4.74 Å². The van der Waals surface area contributed by atoms with Crippen LogP contribution in [0.1, 0.15) is 32.3 Å². The van der Waals surface area contributed by atoms with Crippen molar-refractivity contribution >= 4 is 5.96 Å². The van der Waals surface area contributed by atoms with Gasteiger partial charge in [-0.25, -0.2) is 0 Å². The summed E-state index contributed by atoms with van der Waals surface area (Å²) in [5.74, 6) is 1.07. The molecule has 2 saturated heterocycles. The molecule has 5 nitrogen and oxygen atoms in total. The SMILES string of the molecule is CCNC(=NCC(C)N(C)Cc1ccccc1)N1CCC2(CCOC2)C1. The van der Waals surface area contributed by atoms with Crippen molar-refractivity contribution in [3.63, 3.8) is 0 Å². The summed E-state index contributed by atoms with van der Waals surface area (Å²) < 4.78 is 5.66. The molecule has 0 amide bonds. The van der Waals surface area contributed by atoms with Crippen LogP contribution in [0.5, 0.6) is 0 Å². The van der Waals surface area contributed by atoms with Gasteiger partial charge in [0.05, 0.1) is 13.2 Å². The van der Waals surface area contributed by atoms with Crippen molar-refractivity contribution in [3.05, 3.63) is 35.9 Å². The van der Waals surface area contributed by atoms with E-state index < -0.39 is 0 Å². The van der Waals surface area contributed by atoms with Crippen LogP contribution in [-0.4, -0.2) is 68.2 Å². The van der Waals surface area contributed by atoms with Gasteiger partial charge < -0.3 is 15.0 Å². The third kappa shape index (κ3) is 4.77. The van der Waals surface area contributed by atoms with E-state index in [1.807, 2.05) is 0 Å². The van der Waals surface area contributed by atoms with Crippen molar-refractivity contribution in [3.8, 4) is 0 Å². The molecule has 0 bridgehead atoms. The Bertz CT molecular complexity index is 583. The van der Waals surface area contributed by atoms with Gasteiger partial charge in [0.2, 0.25) is 0 Å². The van der Waals surface area contributed by atoms with Crippen LogP contribution >= 0.6 is 0 Å². The van der Waals surface area contributed by atoms with Crippen molar-refractivity contribution in [2.75, 3.05) is 46.4 Å². The average molecular weight is 359 g/mol.